The van der Waals surface area contributed by atoms with Crippen molar-refractivity contribution >= 4 is 29.1 Å². The zero-order chi connectivity index (χ0) is 21.0. The zero-order valence-corrected chi connectivity index (χ0v) is 16.7. The molecule has 1 fully saturated rings. The highest BCUT2D eigenvalue weighted by Gasteiger charge is 2.43. The van der Waals surface area contributed by atoms with Gasteiger partial charge in [0.25, 0.3) is 0 Å². The standard InChI is InChI=1S/C24H27NO3/c1-6-14(3)8-9-15(4)18-10-16(5)22(17(7-2)11-18)23-20(26)12-19(24(23)28)13-21(25)27/h6-11,19,23H,1-2,12-13H2,3-5H3,(H2,25,27)/b14-8-,15-9+. The minimum atomic E-state index is -0.849. The Labute approximate surface area is 166 Å². The van der Waals surface area contributed by atoms with Crippen LogP contribution in [-0.2, 0) is 14.4 Å². The molecule has 4 heteroatoms. The number of ketones is 2. The number of hydrogen-bond acceptors (Lipinski definition) is 3. The number of benzene rings is 1. The van der Waals surface area contributed by atoms with Crippen molar-refractivity contribution in [3.8, 4) is 0 Å². The summed E-state index contributed by atoms with van der Waals surface area (Å²) in [5, 5.41) is 0. The number of nitrogens with two attached hydrogens (primary N) is 1. The second-order valence-electron chi connectivity index (χ2n) is 7.34. The van der Waals surface area contributed by atoms with Crippen molar-refractivity contribution in [1.29, 1.82) is 0 Å². The Kier molecular flexibility index (Phi) is 6.68. The summed E-state index contributed by atoms with van der Waals surface area (Å²) in [7, 11) is 0. The lowest BCUT2D eigenvalue weighted by Crippen LogP contribution is -2.22. The summed E-state index contributed by atoms with van der Waals surface area (Å²) < 4.78 is 0. The molecule has 0 bridgehead atoms. The first-order valence-corrected chi connectivity index (χ1v) is 9.29. The third kappa shape index (κ3) is 4.45. The molecule has 2 N–H and O–H groups in total. The van der Waals surface area contributed by atoms with Gasteiger partial charge in [-0.25, -0.2) is 0 Å². The molecule has 0 aliphatic heterocycles. The normalized spacial score (nSPS) is 20.4. The highest BCUT2D eigenvalue weighted by molar-refractivity contribution is 6.16. The fraction of sp³-hybridized carbons (Fsp3) is 0.292. The number of aryl methyl sites for hydroxylation is 1. The molecule has 1 amide bonds. The fourth-order valence-electron chi connectivity index (χ4n) is 3.61. The van der Waals surface area contributed by atoms with E-state index >= 15 is 0 Å². The summed E-state index contributed by atoms with van der Waals surface area (Å²) >= 11 is 0. The van der Waals surface area contributed by atoms with Crippen LogP contribution >= 0.6 is 0 Å². The Balaban J connectivity index is 2.48. The number of carbonyl (C=O) groups excluding carboxylic acids is 3. The van der Waals surface area contributed by atoms with Crippen LogP contribution in [0.25, 0.3) is 11.6 Å². The van der Waals surface area contributed by atoms with Crippen LogP contribution in [0.15, 0.2) is 49.1 Å². The van der Waals surface area contributed by atoms with Crippen LogP contribution in [0.2, 0.25) is 0 Å². The number of amides is 1. The van der Waals surface area contributed by atoms with Crippen LogP contribution in [-0.4, -0.2) is 17.5 Å². The molecule has 146 valence electrons. The van der Waals surface area contributed by atoms with Crippen LogP contribution in [0.3, 0.4) is 0 Å². The van der Waals surface area contributed by atoms with Crippen molar-refractivity contribution in [2.75, 3.05) is 0 Å². The molecule has 1 aromatic carbocycles. The zero-order valence-electron chi connectivity index (χ0n) is 16.7. The molecule has 2 unspecified atom stereocenters. The maximum Gasteiger partial charge on any atom is 0.218 e. The maximum absolute atomic E-state index is 12.8. The monoisotopic (exact) mass is 377 g/mol. The van der Waals surface area contributed by atoms with Gasteiger partial charge in [0.1, 0.15) is 11.7 Å². The van der Waals surface area contributed by atoms with Crippen LogP contribution in [0.1, 0.15) is 54.9 Å². The smallest absolute Gasteiger partial charge is 0.218 e. The molecule has 28 heavy (non-hydrogen) atoms. The van der Waals surface area contributed by atoms with E-state index in [1.54, 1.807) is 12.2 Å². The lowest BCUT2D eigenvalue weighted by atomic mass is 9.84. The minimum absolute atomic E-state index is 0.0643. The average Bonchev–Trinajstić information content (AvgIpc) is 2.91. The average molecular weight is 377 g/mol. The summed E-state index contributed by atoms with van der Waals surface area (Å²) in [6.45, 7) is 13.5. The van der Waals surface area contributed by atoms with Crippen molar-refractivity contribution in [2.24, 2.45) is 11.7 Å². The van der Waals surface area contributed by atoms with Gasteiger partial charge >= 0.3 is 0 Å². The Hall–Kier alpha value is -3.01. The van der Waals surface area contributed by atoms with Crippen molar-refractivity contribution in [3.05, 3.63) is 71.3 Å². The van der Waals surface area contributed by atoms with E-state index in [2.05, 4.69) is 13.2 Å². The number of carbonyl (C=O) groups is 3. The minimum Gasteiger partial charge on any atom is -0.370 e. The van der Waals surface area contributed by atoms with Gasteiger partial charge in [-0.05, 0) is 54.7 Å². The third-order valence-corrected chi connectivity index (χ3v) is 5.21. The van der Waals surface area contributed by atoms with Gasteiger partial charge in [-0.2, -0.15) is 0 Å². The molecule has 2 rings (SSSR count). The summed E-state index contributed by atoms with van der Waals surface area (Å²) in [6.07, 6.45) is 7.43. The van der Waals surface area contributed by atoms with Gasteiger partial charge in [0, 0.05) is 18.8 Å². The summed E-state index contributed by atoms with van der Waals surface area (Å²) in [6, 6.07) is 3.92. The highest BCUT2D eigenvalue weighted by Crippen LogP contribution is 2.38. The number of allylic oxidation sites excluding steroid dienone is 5. The third-order valence-electron chi connectivity index (χ3n) is 5.21. The van der Waals surface area contributed by atoms with Crippen LogP contribution in [0, 0.1) is 12.8 Å². The van der Waals surface area contributed by atoms with Crippen molar-refractivity contribution < 1.29 is 14.4 Å². The van der Waals surface area contributed by atoms with Crippen LogP contribution in [0.4, 0.5) is 0 Å². The second kappa shape index (κ2) is 8.79. The molecule has 0 heterocycles. The van der Waals surface area contributed by atoms with E-state index in [0.717, 1.165) is 27.8 Å². The first-order chi connectivity index (χ1) is 13.2. The molecule has 1 saturated carbocycles. The lowest BCUT2D eigenvalue weighted by Gasteiger charge is -2.17. The van der Waals surface area contributed by atoms with E-state index in [0.29, 0.717) is 5.56 Å². The molecule has 2 atom stereocenters. The van der Waals surface area contributed by atoms with Gasteiger partial charge < -0.3 is 5.73 Å². The molecule has 4 nitrogen and oxygen atoms in total. The summed E-state index contributed by atoms with van der Waals surface area (Å²) in [4.78, 5) is 36.6. The Morgan fingerprint density at radius 1 is 1.21 bits per heavy atom. The molecule has 1 aliphatic carbocycles. The number of rotatable bonds is 7. The molecule has 0 spiro atoms. The highest BCUT2D eigenvalue weighted by atomic mass is 16.2. The molecule has 1 aliphatic rings. The first-order valence-electron chi connectivity index (χ1n) is 9.29. The molecule has 1 aromatic rings. The van der Waals surface area contributed by atoms with E-state index in [-0.39, 0.29) is 24.4 Å². The Morgan fingerprint density at radius 2 is 1.89 bits per heavy atom. The maximum atomic E-state index is 12.8. The summed E-state index contributed by atoms with van der Waals surface area (Å²) in [5.74, 6) is -2.42. The predicted molar refractivity (Wildman–Crippen MR) is 114 cm³/mol. The summed E-state index contributed by atoms with van der Waals surface area (Å²) in [5.41, 5.74) is 10.6. The predicted octanol–water partition coefficient (Wildman–Crippen LogP) is 4.29. The number of hydrogen-bond donors (Lipinski definition) is 1. The van der Waals surface area contributed by atoms with Gasteiger partial charge in [-0.1, -0.05) is 49.1 Å². The van der Waals surface area contributed by atoms with Gasteiger partial charge in [-0.3, -0.25) is 14.4 Å². The van der Waals surface area contributed by atoms with E-state index < -0.39 is 17.7 Å². The number of Topliss-reactive ketones (excluding diaryl/α,β-unsaturated/α-hetero) is 2. The van der Waals surface area contributed by atoms with Gasteiger partial charge in [0.05, 0.1) is 0 Å². The largest absolute Gasteiger partial charge is 0.370 e. The van der Waals surface area contributed by atoms with E-state index in [1.807, 2.05) is 45.1 Å². The topological polar surface area (TPSA) is 77.2 Å². The van der Waals surface area contributed by atoms with Gasteiger partial charge in [-0.15, -0.1) is 0 Å². The van der Waals surface area contributed by atoms with E-state index in [9.17, 15) is 14.4 Å². The van der Waals surface area contributed by atoms with E-state index in [1.165, 1.54) is 0 Å². The van der Waals surface area contributed by atoms with Crippen LogP contribution < -0.4 is 5.73 Å². The number of primary amides is 1. The van der Waals surface area contributed by atoms with Gasteiger partial charge in [0.15, 0.2) is 5.78 Å². The molecule has 0 saturated heterocycles. The first kappa shape index (κ1) is 21.3. The Morgan fingerprint density at radius 3 is 2.46 bits per heavy atom. The molecular formula is C24H27NO3. The van der Waals surface area contributed by atoms with Crippen molar-refractivity contribution in [2.45, 2.75) is 39.5 Å². The molecule has 0 aromatic heterocycles. The molecule has 0 radical (unpaired) electrons. The van der Waals surface area contributed by atoms with Crippen LogP contribution in [0.5, 0.6) is 0 Å². The van der Waals surface area contributed by atoms with Crippen molar-refractivity contribution in [1.82, 2.24) is 0 Å². The fourth-order valence-corrected chi connectivity index (χ4v) is 3.61. The van der Waals surface area contributed by atoms with Crippen molar-refractivity contribution in [3.63, 3.8) is 0 Å². The lowest BCUT2D eigenvalue weighted by molar-refractivity contribution is -0.127. The van der Waals surface area contributed by atoms with E-state index in [4.69, 9.17) is 5.73 Å². The second-order valence-corrected chi connectivity index (χ2v) is 7.34. The SMILES string of the molecule is C=C/C(C)=C\C=C(/C)c1cc(C)c(C2C(=O)CC(CC(N)=O)C2=O)c(C=C)c1. The quantitative estimate of drug-likeness (QED) is 0.569. The Bertz CT molecular complexity index is 918. The van der Waals surface area contributed by atoms with Gasteiger partial charge in [0.2, 0.25) is 5.91 Å². The molecular weight excluding hydrogens is 350 g/mol.